The van der Waals surface area contributed by atoms with Crippen molar-refractivity contribution in [1.29, 1.82) is 0 Å². The molecule has 2 nitrogen and oxygen atoms in total. The molecule has 2 N–H and O–H groups in total. The average molecular weight is 142 g/mol. The van der Waals surface area contributed by atoms with E-state index in [-0.39, 0.29) is 0 Å². The number of hydrogen-bond acceptors (Lipinski definition) is 2. The van der Waals surface area contributed by atoms with Crippen LogP contribution >= 0.6 is 0 Å². The van der Waals surface area contributed by atoms with E-state index in [1.165, 1.54) is 25.8 Å². The van der Waals surface area contributed by atoms with E-state index in [9.17, 15) is 0 Å². The molecule has 0 aliphatic carbocycles. The summed E-state index contributed by atoms with van der Waals surface area (Å²) in [4.78, 5) is 2.26. The van der Waals surface area contributed by atoms with Gasteiger partial charge in [-0.15, -0.1) is 0 Å². The lowest BCUT2D eigenvalue weighted by molar-refractivity contribution is 0.206. The van der Waals surface area contributed by atoms with Crippen molar-refractivity contribution in [3.63, 3.8) is 0 Å². The van der Waals surface area contributed by atoms with Crippen LogP contribution in [0.25, 0.3) is 0 Å². The number of likely N-dealkylation sites (tertiary alicyclic amines) is 1. The minimum Gasteiger partial charge on any atom is -0.316 e. The largest absolute Gasteiger partial charge is 0.316 e. The second-order valence-electron chi connectivity index (χ2n) is 3.44. The first-order valence-electron chi connectivity index (χ1n) is 4.17. The first kappa shape index (κ1) is 8.02. The lowest BCUT2D eigenvalue weighted by Crippen LogP contribution is -2.42. The molecule has 10 heavy (non-hydrogen) atoms. The van der Waals surface area contributed by atoms with E-state index in [1.54, 1.807) is 0 Å². The Bertz CT molecular complexity index is 91.4. The van der Waals surface area contributed by atoms with Crippen molar-refractivity contribution in [2.45, 2.75) is 32.4 Å². The van der Waals surface area contributed by atoms with E-state index in [2.05, 4.69) is 18.9 Å². The summed E-state index contributed by atoms with van der Waals surface area (Å²) in [5.41, 5.74) is 5.95. The summed E-state index contributed by atoms with van der Waals surface area (Å²) >= 11 is 0. The highest BCUT2D eigenvalue weighted by Gasteiger charge is 2.19. The van der Waals surface area contributed by atoms with Crippen LogP contribution in [0.5, 0.6) is 0 Å². The molecule has 0 bridgehead atoms. The molecule has 2 atom stereocenters. The van der Waals surface area contributed by atoms with Crippen molar-refractivity contribution < 1.29 is 0 Å². The Labute approximate surface area is 63.4 Å². The molecule has 0 aromatic rings. The molecule has 60 valence electrons. The first-order valence-corrected chi connectivity index (χ1v) is 4.17. The molecule has 0 spiro atoms. The summed E-state index contributed by atoms with van der Waals surface area (Å²) in [6, 6.07) is 0. The number of nitrogens with zero attached hydrogens (tertiary/aromatic N) is 1. The van der Waals surface area contributed by atoms with Gasteiger partial charge in [-0.3, -0.25) is 4.90 Å². The fourth-order valence-electron chi connectivity index (χ4n) is 1.58. The molecule has 2 unspecified atom stereocenters. The Morgan fingerprint density at radius 2 is 2.10 bits per heavy atom. The molecule has 0 radical (unpaired) electrons. The summed E-state index contributed by atoms with van der Waals surface area (Å²) in [6.07, 6.45) is 4.25. The third kappa shape index (κ3) is 1.70. The summed E-state index contributed by atoms with van der Waals surface area (Å²) in [6.45, 7) is 3.41. The van der Waals surface area contributed by atoms with Crippen molar-refractivity contribution in [3.05, 3.63) is 0 Å². The Kier molecular flexibility index (Phi) is 2.69. The van der Waals surface area contributed by atoms with Crippen LogP contribution in [0.15, 0.2) is 0 Å². The molecule has 0 aromatic heterocycles. The van der Waals surface area contributed by atoms with Crippen molar-refractivity contribution in [2.24, 2.45) is 11.7 Å². The zero-order valence-corrected chi connectivity index (χ0v) is 7.01. The molecule has 0 saturated carbocycles. The van der Waals surface area contributed by atoms with Gasteiger partial charge in [-0.1, -0.05) is 13.3 Å². The average Bonchev–Trinajstić information content (AvgIpc) is 2.04. The monoisotopic (exact) mass is 142 g/mol. The molecule has 1 aliphatic rings. The molecular formula is C8H18N2. The van der Waals surface area contributed by atoms with Crippen LogP contribution in [0.2, 0.25) is 0 Å². The lowest BCUT2D eigenvalue weighted by Gasteiger charge is -2.25. The second-order valence-corrected chi connectivity index (χ2v) is 3.44. The Morgan fingerprint density at radius 3 is 2.80 bits per heavy atom. The highest BCUT2D eigenvalue weighted by atomic mass is 15.2. The minimum absolute atomic E-state index is 0.294. The molecule has 1 fully saturated rings. The number of hydrogen-bond donors (Lipinski definition) is 1. The van der Waals surface area contributed by atoms with Gasteiger partial charge in [-0.25, -0.2) is 0 Å². The topological polar surface area (TPSA) is 29.3 Å². The van der Waals surface area contributed by atoms with E-state index in [0.717, 1.165) is 0 Å². The van der Waals surface area contributed by atoms with Gasteiger partial charge in [-0.05, 0) is 32.4 Å². The zero-order valence-electron chi connectivity index (χ0n) is 7.01. The SMILES string of the molecule is CC1CCCCN(C)C1N. The summed E-state index contributed by atoms with van der Waals surface area (Å²) in [5, 5.41) is 0. The van der Waals surface area contributed by atoms with Crippen molar-refractivity contribution >= 4 is 0 Å². The number of nitrogens with two attached hydrogens (primary N) is 1. The summed E-state index contributed by atoms with van der Waals surface area (Å²) in [5.74, 6) is 0.674. The Hall–Kier alpha value is -0.0800. The maximum Gasteiger partial charge on any atom is 0.0595 e. The third-order valence-corrected chi connectivity index (χ3v) is 2.51. The highest BCUT2D eigenvalue weighted by molar-refractivity contribution is 4.72. The Balaban J connectivity index is 2.46. The van der Waals surface area contributed by atoms with Crippen LogP contribution in [0, 0.1) is 5.92 Å². The van der Waals surface area contributed by atoms with Gasteiger partial charge in [0, 0.05) is 0 Å². The van der Waals surface area contributed by atoms with Crippen LogP contribution in [-0.4, -0.2) is 24.7 Å². The normalized spacial score (nSPS) is 37.5. The summed E-state index contributed by atoms with van der Waals surface area (Å²) < 4.78 is 0. The van der Waals surface area contributed by atoms with Gasteiger partial charge in [0.15, 0.2) is 0 Å². The smallest absolute Gasteiger partial charge is 0.0595 e. The molecular weight excluding hydrogens is 124 g/mol. The second kappa shape index (κ2) is 3.35. The minimum atomic E-state index is 0.294. The van der Waals surface area contributed by atoms with Crippen LogP contribution in [-0.2, 0) is 0 Å². The third-order valence-electron chi connectivity index (χ3n) is 2.51. The van der Waals surface area contributed by atoms with E-state index in [0.29, 0.717) is 12.1 Å². The van der Waals surface area contributed by atoms with E-state index in [1.807, 2.05) is 0 Å². The van der Waals surface area contributed by atoms with Crippen LogP contribution < -0.4 is 5.73 Å². The summed E-state index contributed by atoms with van der Waals surface area (Å²) in [7, 11) is 2.12. The fourth-order valence-corrected chi connectivity index (χ4v) is 1.58. The molecule has 0 aromatic carbocycles. The standard InChI is InChI=1S/C8H18N2/c1-7-5-3-4-6-10(2)8(7)9/h7-8H,3-6,9H2,1-2H3. The predicted molar refractivity (Wildman–Crippen MR) is 43.6 cm³/mol. The Morgan fingerprint density at radius 1 is 1.40 bits per heavy atom. The van der Waals surface area contributed by atoms with Crippen molar-refractivity contribution in [3.8, 4) is 0 Å². The first-order chi connectivity index (χ1) is 4.72. The maximum absolute atomic E-state index is 5.95. The van der Waals surface area contributed by atoms with E-state index < -0.39 is 0 Å². The molecule has 2 heteroatoms. The van der Waals surface area contributed by atoms with Crippen LogP contribution in [0.1, 0.15) is 26.2 Å². The lowest BCUT2D eigenvalue weighted by atomic mass is 10.0. The van der Waals surface area contributed by atoms with E-state index >= 15 is 0 Å². The van der Waals surface area contributed by atoms with Crippen LogP contribution in [0.4, 0.5) is 0 Å². The van der Waals surface area contributed by atoms with Crippen LogP contribution in [0.3, 0.4) is 0 Å². The van der Waals surface area contributed by atoms with Crippen molar-refractivity contribution in [2.75, 3.05) is 13.6 Å². The quantitative estimate of drug-likeness (QED) is 0.547. The maximum atomic E-state index is 5.95. The zero-order chi connectivity index (χ0) is 7.56. The molecule has 0 amide bonds. The highest BCUT2D eigenvalue weighted by Crippen LogP contribution is 2.17. The van der Waals surface area contributed by atoms with Gasteiger partial charge in [-0.2, -0.15) is 0 Å². The van der Waals surface area contributed by atoms with Gasteiger partial charge < -0.3 is 5.73 Å². The molecule has 1 aliphatic heterocycles. The van der Waals surface area contributed by atoms with Gasteiger partial charge in [0.2, 0.25) is 0 Å². The predicted octanol–water partition coefficient (Wildman–Crippen LogP) is 1.02. The van der Waals surface area contributed by atoms with Crippen molar-refractivity contribution in [1.82, 2.24) is 4.90 Å². The fraction of sp³-hybridized carbons (Fsp3) is 1.00. The number of rotatable bonds is 0. The van der Waals surface area contributed by atoms with Gasteiger partial charge in [0.1, 0.15) is 0 Å². The van der Waals surface area contributed by atoms with Gasteiger partial charge >= 0.3 is 0 Å². The molecule has 1 rings (SSSR count). The molecule has 1 heterocycles. The molecule has 1 saturated heterocycles. The van der Waals surface area contributed by atoms with Gasteiger partial charge in [0.05, 0.1) is 6.17 Å². The van der Waals surface area contributed by atoms with E-state index in [4.69, 9.17) is 5.73 Å². The van der Waals surface area contributed by atoms with Gasteiger partial charge in [0.25, 0.3) is 0 Å².